The highest BCUT2D eigenvalue weighted by atomic mass is 15.1. The Morgan fingerprint density at radius 2 is 1.21 bits per heavy atom. The van der Waals surface area contributed by atoms with E-state index >= 15 is 0 Å². The van der Waals surface area contributed by atoms with E-state index in [9.17, 15) is 0 Å². The summed E-state index contributed by atoms with van der Waals surface area (Å²) >= 11 is 0. The third kappa shape index (κ3) is 4.14. The molecule has 142 valence electrons. The summed E-state index contributed by atoms with van der Waals surface area (Å²) in [6, 6.07) is 34.5. The predicted octanol–water partition coefficient (Wildman–Crippen LogP) is 7.74. The first-order valence-electron chi connectivity index (χ1n) is 9.88. The van der Waals surface area contributed by atoms with Gasteiger partial charge in [-0.25, -0.2) is 0 Å². The van der Waals surface area contributed by atoms with Crippen molar-refractivity contribution in [3.63, 3.8) is 0 Å². The number of nitrogens with zero attached hydrogens (tertiary/aromatic N) is 1. The SMILES string of the molecule is C=Cc1cccc(-c2cccc(N(C)c3ccc(-c4ccc(C)cc4)cc3)c2)c1. The second-order valence-electron chi connectivity index (χ2n) is 7.35. The van der Waals surface area contributed by atoms with Gasteiger partial charge in [-0.05, 0) is 65.1 Å². The van der Waals surface area contributed by atoms with E-state index in [1.54, 1.807) is 0 Å². The van der Waals surface area contributed by atoms with Crippen LogP contribution in [0.2, 0.25) is 0 Å². The molecule has 0 radical (unpaired) electrons. The lowest BCUT2D eigenvalue weighted by atomic mass is 10.0. The van der Waals surface area contributed by atoms with E-state index in [1.165, 1.54) is 27.8 Å². The Hall–Kier alpha value is -3.58. The average Bonchev–Trinajstić information content (AvgIpc) is 2.79. The standard InChI is InChI=1S/C28H25N/c1-4-22-7-5-8-25(19-22)26-9-6-10-28(20-26)29(3)27-17-15-24(16-18-27)23-13-11-21(2)12-14-23/h4-20H,1H2,2-3H3. The van der Waals surface area contributed by atoms with Crippen molar-refractivity contribution in [2.45, 2.75) is 6.92 Å². The van der Waals surface area contributed by atoms with E-state index in [-0.39, 0.29) is 0 Å². The van der Waals surface area contributed by atoms with Crippen LogP contribution in [0.4, 0.5) is 11.4 Å². The van der Waals surface area contributed by atoms with Gasteiger partial charge in [-0.2, -0.15) is 0 Å². The quantitative estimate of drug-likeness (QED) is 0.345. The van der Waals surface area contributed by atoms with Crippen LogP contribution in [0.15, 0.2) is 104 Å². The molecule has 4 aromatic carbocycles. The average molecular weight is 376 g/mol. The Morgan fingerprint density at radius 1 is 0.621 bits per heavy atom. The van der Waals surface area contributed by atoms with Gasteiger partial charge in [0, 0.05) is 18.4 Å². The second kappa shape index (κ2) is 8.20. The van der Waals surface area contributed by atoms with Crippen molar-refractivity contribution >= 4 is 17.5 Å². The molecule has 29 heavy (non-hydrogen) atoms. The van der Waals surface area contributed by atoms with E-state index in [1.807, 2.05) is 6.08 Å². The first-order chi connectivity index (χ1) is 14.1. The topological polar surface area (TPSA) is 3.24 Å². The van der Waals surface area contributed by atoms with Crippen molar-refractivity contribution < 1.29 is 0 Å². The molecule has 0 aliphatic carbocycles. The fourth-order valence-corrected chi connectivity index (χ4v) is 3.51. The number of anilines is 2. The van der Waals surface area contributed by atoms with Crippen LogP contribution >= 0.6 is 0 Å². The number of benzene rings is 4. The monoisotopic (exact) mass is 375 g/mol. The summed E-state index contributed by atoms with van der Waals surface area (Å²) in [6.07, 6.45) is 1.88. The molecule has 0 amide bonds. The first kappa shape index (κ1) is 18.8. The molecule has 0 bridgehead atoms. The van der Waals surface area contributed by atoms with Crippen molar-refractivity contribution in [1.29, 1.82) is 0 Å². The zero-order chi connectivity index (χ0) is 20.2. The Morgan fingerprint density at radius 3 is 1.86 bits per heavy atom. The van der Waals surface area contributed by atoms with Gasteiger partial charge < -0.3 is 4.90 Å². The molecule has 0 saturated heterocycles. The van der Waals surface area contributed by atoms with Crippen LogP contribution in [-0.4, -0.2) is 7.05 Å². The first-order valence-corrected chi connectivity index (χ1v) is 9.88. The van der Waals surface area contributed by atoms with E-state index in [2.05, 4.69) is 123 Å². The number of hydrogen-bond acceptors (Lipinski definition) is 1. The zero-order valence-electron chi connectivity index (χ0n) is 17.0. The van der Waals surface area contributed by atoms with Gasteiger partial charge in [-0.3, -0.25) is 0 Å². The van der Waals surface area contributed by atoms with E-state index < -0.39 is 0 Å². The van der Waals surface area contributed by atoms with Crippen LogP contribution in [0, 0.1) is 6.92 Å². The van der Waals surface area contributed by atoms with E-state index in [0.717, 1.165) is 16.9 Å². The normalized spacial score (nSPS) is 10.6. The lowest BCUT2D eigenvalue weighted by Gasteiger charge is -2.21. The van der Waals surface area contributed by atoms with Gasteiger partial charge in [0.1, 0.15) is 0 Å². The number of rotatable bonds is 5. The minimum atomic E-state index is 1.13. The molecule has 0 aliphatic rings. The molecule has 4 aromatic rings. The highest BCUT2D eigenvalue weighted by Gasteiger charge is 2.07. The molecule has 0 aliphatic heterocycles. The van der Waals surface area contributed by atoms with Gasteiger partial charge in [-0.1, -0.05) is 84.9 Å². The number of aryl methyl sites for hydroxylation is 1. The molecule has 1 heteroatoms. The lowest BCUT2D eigenvalue weighted by molar-refractivity contribution is 1.21. The minimum Gasteiger partial charge on any atom is -0.345 e. The molecule has 1 nitrogen and oxygen atoms in total. The summed E-state index contributed by atoms with van der Waals surface area (Å²) in [5.41, 5.74) is 9.62. The van der Waals surface area contributed by atoms with Gasteiger partial charge in [0.2, 0.25) is 0 Å². The molecule has 0 aromatic heterocycles. The zero-order valence-corrected chi connectivity index (χ0v) is 17.0. The van der Waals surface area contributed by atoms with Crippen LogP contribution in [-0.2, 0) is 0 Å². The van der Waals surface area contributed by atoms with Crippen LogP contribution in [0.3, 0.4) is 0 Å². The van der Waals surface area contributed by atoms with Gasteiger partial charge >= 0.3 is 0 Å². The molecule has 4 rings (SSSR count). The largest absolute Gasteiger partial charge is 0.345 e. The van der Waals surface area contributed by atoms with Crippen molar-refractivity contribution in [1.82, 2.24) is 0 Å². The third-order valence-corrected chi connectivity index (χ3v) is 5.33. The Bertz CT molecular complexity index is 1120. The molecule has 0 saturated carbocycles. The summed E-state index contributed by atoms with van der Waals surface area (Å²) < 4.78 is 0. The second-order valence-corrected chi connectivity index (χ2v) is 7.35. The van der Waals surface area contributed by atoms with Crippen molar-refractivity contribution in [3.8, 4) is 22.3 Å². The molecule has 0 fully saturated rings. The van der Waals surface area contributed by atoms with Crippen LogP contribution in [0.1, 0.15) is 11.1 Å². The highest BCUT2D eigenvalue weighted by Crippen LogP contribution is 2.30. The molecule has 0 N–H and O–H groups in total. The summed E-state index contributed by atoms with van der Waals surface area (Å²) in [5.74, 6) is 0. The fourth-order valence-electron chi connectivity index (χ4n) is 3.51. The van der Waals surface area contributed by atoms with Crippen LogP contribution < -0.4 is 4.90 Å². The fraction of sp³-hybridized carbons (Fsp3) is 0.0714. The smallest absolute Gasteiger partial charge is 0.0414 e. The van der Waals surface area contributed by atoms with Crippen molar-refractivity contribution in [3.05, 3.63) is 115 Å². The maximum absolute atomic E-state index is 3.88. The third-order valence-electron chi connectivity index (χ3n) is 5.33. The predicted molar refractivity (Wildman–Crippen MR) is 127 cm³/mol. The summed E-state index contributed by atoms with van der Waals surface area (Å²) in [6.45, 7) is 5.99. The maximum atomic E-state index is 3.88. The van der Waals surface area contributed by atoms with Gasteiger partial charge in [0.05, 0.1) is 0 Å². The molecule has 0 heterocycles. The van der Waals surface area contributed by atoms with Crippen LogP contribution in [0.5, 0.6) is 0 Å². The van der Waals surface area contributed by atoms with Gasteiger partial charge in [0.15, 0.2) is 0 Å². The molecular formula is C28H25N. The molecule has 0 unspecified atom stereocenters. The Labute approximate surface area is 173 Å². The highest BCUT2D eigenvalue weighted by molar-refractivity contribution is 5.74. The van der Waals surface area contributed by atoms with E-state index in [0.29, 0.717) is 0 Å². The van der Waals surface area contributed by atoms with Crippen molar-refractivity contribution in [2.75, 3.05) is 11.9 Å². The molecule has 0 spiro atoms. The summed E-state index contributed by atoms with van der Waals surface area (Å²) in [4.78, 5) is 2.22. The maximum Gasteiger partial charge on any atom is 0.0414 e. The Kier molecular flexibility index (Phi) is 5.31. The lowest BCUT2D eigenvalue weighted by Crippen LogP contribution is -2.09. The molecule has 0 atom stereocenters. The Balaban J connectivity index is 1.60. The van der Waals surface area contributed by atoms with Crippen molar-refractivity contribution in [2.24, 2.45) is 0 Å². The summed E-state index contributed by atoms with van der Waals surface area (Å²) in [7, 11) is 2.11. The van der Waals surface area contributed by atoms with Gasteiger partial charge in [0.25, 0.3) is 0 Å². The van der Waals surface area contributed by atoms with Crippen LogP contribution in [0.25, 0.3) is 28.3 Å². The minimum absolute atomic E-state index is 1.13. The summed E-state index contributed by atoms with van der Waals surface area (Å²) in [5, 5.41) is 0. The van der Waals surface area contributed by atoms with E-state index in [4.69, 9.17) is 0 Å². The van der Waals surface area contributed by atoms with Gasteiger partial charge in [-0.15, -0.1) is 0 Å². The number of hydrogen-bond donors (Lipinski definition) is 0. The molecular weight excluding hydrogens is 350 g/mol.